The predicted molar refractivity (Wildman–Crippen MR) is 71.5 cm³/mol. The van der Waals surface area contributed by atoms with Crippen LogP contribution < -0.4 is 5.73 Å². The number of nitrogens with zero attached hydrogens (tertiary/aromatic N) is 4. The van der Waals surface area contributed by atoms with Crippen molar-refractivity contribution < 1.29 is 0 Å². The van der Waals surface area contributed by atoms with Gasteiger partial charge in [0.2, 0.25) is 0 Å². The SMILES string of the molecule is Nc1nc(CCCc2nnc3ccccn23)cs1. The molecular formula is C12H13N5S. The lowest BCUT2D eigenvalue weighted by Crippen LogP contribution is -1.96. The third-order valence-corrected chi connectivity index (χ3v) is 3.51. The Morgan fingerprint density at radius 2 is 2.17 bits per heavy atom. The molecule has 0 aliphatic carbocycles. The molecule has 2 N–H and O–H groups in total. The Bertz CT molecular complexity index is 657. The minimum Gasteiger partial charge on any atom is -0.375 e. The van der Waals surface area contributed by atoms with Crippen LogP contribution in [0.25, 0.3) is 5.65 Å². The molecule has 5 nitrogen and oxygen atoms in total. The molecule has 3 aromatic rings. The standard InChI is InChI=1S/C12H13N5S/c13-12-14-9(8-18-12)4-3-6-11-16-15-10-5-1-2-7-17(10)11/h1-2,5,7-8H,3-4,6H2,(H2,13,14). The lowest BCUT2D eigenvalue weighted by molar-refractivity contribution is 0.752. The molecule has 0 saturated heterocycles. The smallest absolute Gasteiger partial charge is 0.180 e. The van der Waals surface area contributed by atoms with E-state index in [1.165, 1.54) is 11.3 Å². The molecule has 0 radical (unpaired) electrons. The van der Waals surface area contributed by atoms with Gasteiger partial charge in [0.15, 0.2) is 10.8 Å². The highest BCUT2D eigenvalue weighted by molar-refractivity contribution is 7.13. The Morgan fingerprint density at radius 1 is 1.22 bits per heavy atom. The van der Waals surface area contributed by atoms with Crippen molar-refractivity contribution in [2.75, 3.05) is 5.73 Å². The molecule has 0 atom stereocenters. The van der Waals surface area contributed by atoms with E-state index in [2.05, 4.69) is 15.2 Å². The van der Waals surface area contributed by atoms with Crippen LogP contribution >= 0.6 is 11.3 Å². The summed E-state index contributed by atoms with van der Waals surface area (Å²) < 4.78 is 2.02. The maximum atomic E-state index is 5.60. The van der Waals surface area contributed by atoms with Crippen molar-refractivity contribution in [3.05, 3.63) is 41.3 Å². The number of aromatic nitrogens is 4. The van der Waals surface area contributed by atoms with Gasteiger partial charge >= 0.3 is 0 Å². The fraction of sp³-hybridized carbons (Fsp3) is 0.250. The maximum Gasteiger partial charge on any atom is 0.180 e. The van der Waals surface area contributed by atoms with Gasteiger partial charge in [-0.1, -0.05) is 6.07 Å². The second-order valence-corrected chi connectivity index (χ2v) is 4.97. The molecule has 0 aliphatic heterocycles. The van der Waals surface area contributed by atoms with Gasteiger partial charge in [0, 0.05) is 18.0 Å². The average molecular weight is 259 g/mol. The quantitative estimate of drug-likeness (QED) is 0.777. The van der Waals surface area contributed by atoms with E-state index >= 15 is 0 Å². The second kappa shape index (κ2) is 4.73. The Hall–Kier alpha value is -1.95. The first-order chi connectivity index (χ1) is 8.83. The summed E-state index contributed by atoms with van der Waals surface area (Å²) in [6, 6.07) is 5.91. The first-order valence-corrected chi connectivity index (χ1v) is 6.69. The molecule has 0 aromatic carbocycles. The lowest BCUT2D eigenvalue weighted by atomic mass is 10.2. The van der Waals surface area contributed by atoms with E-state index in [0.29, 0.717) is 5.13 Å². The normalized spacial score (nSPS) is 11.1. The van der Waals surface area contributed by atoms with Crippen LogP contribution in [0.2, 0.25) is 0 Å². The van der Waals surface area contributed by atoms with E-state index in [4.69, 9.17) is 5.73 Å². The third kappa shape index (κ3) is 2.19. The zero-order valence-electron chi connectivity index (χ0n) is 9.78. The van der Waals surface area contributed by atoms with Crippen LogP contribution in [0.1, 0.15) is 17.9 Å². The summed E-state index contributed by atoms with van der Waals surface area (Å²) in [6.45, 7) is 0. The summed E-state index contributed by atoms with van der Waals surface area (Å²) in [5.41, 5.74) is 7.56. The summed E-state index contributed by atoms with van der Waals surface area (Å²) in [6.07, 6.45) is 4.81. The van der Waals surface area contributed by atoms with Crippen molar-refractivity contribution in [1.29, 1.82) is 0 Å². The Kier molecular flexibility index (Phi) is 2.93. The van der Waals surface area contributed by atoms with Gasteiger partial charge in [-0.3, -0.25) is 4.40 Å². The summed E-state index contributed by atoms with van der Waals surface area (Å²) >= 11 is 1.49. The number of pyridine rings is 1. The van der Waals surface area contributed by atoms with Crippen LogP contribution in [0.5, 0.6) is 0 Å². The number of rotatable bonds is 4. The average Bonchev–Trinajstić information content (AvgIpc) is 2.97. The van der Waals surface area contributed by atoms with E-state index in [9.17, 15) is 0 Å². The van der Waals surface area contributed by atoms with Crippen LogP contribution in [0.3, 0.4) is 0 Å². The van der Waals surface area contributed by atoms with Crippen LogP contribution in [0.4, 0.5) is 5.13 Å². The third-order valence-electron chi connectivity index (χ3n) is 2.79. The molecule has 3 heterocycles. The fourth-order valence-electron chi connectivity index (χ4n) is 1.93. The lowest BCUT2D eigenvalue weighted by Gasteiger charge is -1.98. The highest BCUT2D eigenvalue weighted by Crippen LogP contribution is 2.13. The molecule has 0 saturated carbocycles. The molecule has 0 spiro atoms. The highest BCUT2D eigenvalue weighted by atomic mass is 32.1. The molecule has 6 heteroatoms. The van der Waals surface area contributed by atoms with E-state index in [1.807, 2.05) is 34.2 Å². The zero-order chi connectivity index (χ0) is 12.4. The number of fused-ring (bicyclic) bond motifs is 1. The van der Waals surface area contributed by atoms with E-state index in [0.717, 1.165) is 36.4 Å². The Balaban J connectivity index is 1.66. The van der Waals surface area contributed by atoms with Crippen molar-refractivity contribution in [3.8, 4) is 0 Å². The monoisotopic (exact) mass is 259 g/mol. The summed E-state index contributed by atoms with van der Waals surface area (Å²) in [5, 5.41) is 11.0. The molecule has 0 aliphatic rings. The predicted octanol–water partition coefficient (Wildman–Crippen LogP) is 1.94. The van der Waals surface area contributed by atoms with Gasteiger partial charge in [0.25, 0.3) is 0 Å². The van der Waals surface area contributed by atoms with Crippen LogP contribution in [-0.2, 0) is 12.8 Å². The number of hydrogen-bond acceptors (Lipinski definition) is 5. The fourth-order valence-corrected chi connectivity index (χ4v) is 2.52. The number of aryl methyl sites for hydroxylation is 2. The summed E-state index contributed by atoms with van der Waals surface area (Å²) in [5.74, 6) is 0.994. The number of nitrogen functional groups attached to an aromatic ring is 1. The first-order valence-electron chi connectivity index (χ1n) is 5.81. The van der Waals surface area contributed by atoms with Crippen LogP contribution in [0.15, 0.2) is 29.8 Å². The molecule has 3 aromatic heterocycles. The van der Waals surface area contributed by atoms with Gasteiger partial charge in [-0.25, -0.2) is 4.98 Å². The topological polar surface area (TPSA) is 69.1 Å². The number of thiazole rings is 1. The Labute approximate surface area is 108 Å². The van der Waals surface area contributed by atoms with E-state index < -0.39 is 0 Å². The molecule has 18 heavy (non-hydrogen) atoms. The minimum atomic E-state index is 0.637. The zero-order valence-corrected chi connectivity index (χ0v) is 10.6. The van der Waals surface area contributed by atoms with Crippen molar-refractivity contribution in [2.45, 2.75) is 19.3 Å². The first kappa shape index (κ1) is 11.2. The minimum absolute atomic E-state index is 0.637. The van der Waals surface area contributed by atoms with E-state index in [-0.39, 0.29) is 0 Å². The highest BCUT2D eigenvalue weighted by Gasteiger charge is 2.05. The molecule has 3 rings (SSSR count). The van der Waals surface area contributed by atoms with Crippen molar-refractivity contribution in [1.82, 2.24) is 19.6 Å². The van der Waals surface area contributed by atoms with Gasteiger partial charge in [-0.2, -0.15) is 0 Å². The maximum absolute atomic E-state index is 5.60. The Morgan fingerprint density at radius 3 is 3.00 bits per heavy atom. The number of nitrogens with two attached hydrogens (primary N) is 1. The number of anilines is 1. The molecular weight excluding hydrogens is 246 g/mol. The number of hydrogen-bond donors (Lipinski definition) is 1. The summed E-state index contributed by atoms with van der Waals surface area (Å²) in [7, 11) is 0. The van der Waals surface area contributed by atoms with E-state index in [1.54, 1.807) is 0 Å². The van der Waals surface area contributed by atoms with Crippen LogP contribution in [0, 0.1) is 0 Å². The molecule has 0 bridgehead atoms. The molecule has 0 unspecified atom stereocenters. The largest absolute Gasteiger partial charge is 0.375 e. The van der Waals surface area contributed by atoms with Crippen LogP contribution in [-0.4, -0.2) is 19.6 Å². The van der Waals surface area contributed by atoms with Crippen molar-refractivity contribution in [2.24, 2.45) is 0 Å². The van der Waals surface area contributed by atoms with Gasteiger partial charge in [-0.15, -0.1) is 21.5 Å². The van der Waals surface area contributed by atoms with Gasteiger partial charge < -0.3 is 5.73 Å². The van der Waals surface area contributed by atoms with Gasteiger partial charge in [-0.05, 0) is 25.0 Å². The molecule has 0 fully saturated rings. The van der Waals surface area contributed by atoms with Crippen molar-refractivity contribution >= 4 is 22.1 Å². The molecule has 0 amide bonds. The summed E-state index contributed by atoms with van der Waals surface area (Å²) in [4.78, 5) is 4.25. The second-order valence-electron chi connectivity index (χ2n) is 4.08. The van der Waals surface area contributed by atoms with Gasteiger partial charge in [0.05, 0.1) is 5.69 Å². The van der Waals surface area contributed by atoms with Gasteiger partial charge in [0.1, 0.15) is 5.82 Å². The molecule has 92 valence electrons. The van der Waals surface area contributed by atoms with Crippen molar-refractivity contribution in [3.63, 3.8) is 0 Å².